The standard InChI is InChI=1S/C21H31N5O3S2/c1-17-16-30-21(23-17)19-13-18(31(28,29)22-7-12-24-8-5-6-9-24)14-26(19)15-20(27)25-10-3-2-4-11-25/h13-14,16,22H,2-12,15H2,1H3. The summed E-state index contributed by atoms with van der Waals surface area (Å²) in [7, 11) is -3.66. The largest absolute Gasteiger partial charge is 0.341 e. The van der Waals surface area contributed by atoms with E-state index in [-0.39, 0.29) is 17.3 Å². The molecule has 0 unspecified atom stereocenters. The van der Waals surface area contributed by atoms with Gasteiger partial charge in [0.05, 0.1) is 5.69 Å². The van der Waals surface area contributed by atoms with E-state index in [4.69, 9.17) is 0 Å². The van der Waals surface area contributed by atoms with Crippen molar-refractivity contribution in [3.63, 3.8) is 0 Å². The number of sulfonamides is 1. The molecule has 0 aliphatic carbocycles. The maximum Gasteiger partial charge on any atom is 0.242 e. The van der Waals surface area contributed by atoms with Crippen molar-refractivity contribution in [3.8, 4) is 10.7 Å². The lowest BCUT2D eigenvalue weighted by molar-refractivity contribution is -0.132. The number of likely N-dealkylation sites (tertiary alicyclic amines) is 2. The third-order valence-corrected chi connectivity index (χ3v) is 8.36. The number of hydrogen-bond donors (Lipinski definition) is 1. The van der Waals surface area contributed by atoms with Crippen molar-refractivity contribution >= 4 is 27.3 Å². The fourth-order valence-corrected chi connectivity index (χ4v) is 6.12. The van der Waals surface area contributed by atoms with Crippen LogP contribution in [-0.2, 0) is 21.4 Å². The number of aryl methyl sites for hydroxylation is 1. The predicted molar refractivity (Wildman–Crippen MR) is 122 cm³/mol. The van der Waals surface area contributed by atoms with Crippen molar-refractivity contribution in [1.29, 1.82) is 0 Å². The molecule has 0 atom stereocenters. The average Bonchev–Trinajstić information content (AvgIpc) is 3.50. The first kappa shape index (κ1) is 22.4. The lowest BCUT2D eigenvalue weighted by atomic mass is 10.1. The molecule has 2 aliphatic rings. The van der Waals surface area contributed by atoms with Crippen molar-refractivity contribution in [2.45, 2.75) is 50.5 Å². The van der Waals surface area contributed by atoms with Crippen LogP contribution >= 0.6 is 11.3 Å². The Bertz CT molecular complexity index is 1000. The molecule has 8 nitrogen and oxygen atoms in total. The maximum absolute atomic E-state index is 12.9. The Balaban J connectivity index is 1.52. The van der Waals surface area contributed by atoms with Gasteiger partial charge in [-0.05, 0) is 58.2 Å². The first-order valence-electron chi connectivity index (χ1n) is 11.0. The second-order valence-corrected chi connectivity index (χ2v) is 11.0. The first-order chi connectivity index (χ1) is 14.9. The van der Waals surface area contributed by atoms with Gasteiger partial charge in [-0.2, -0.15) is 0 Å². The van der Waals surface area contributed by atoms with Crippen LogP contribution in [0.1, 0.15) is 37.8 Å². The molecule has 1 N–H and O–H groups in total. The highest BCUT2D eigenvalue weighted by atomic mass is 32.2. The number of nitrogens with zero attached hydrogens (tertiary/aromatic N) is 4. The zero-order valence-corrected chi connectivity index (χ0v) is 19.7. The lowest BCUT2D eigenvalue weighted by Gasteiger charge is -2.27. The molecular weight excluding hydrogens is 434 g/mol. The van der Waals surface area contributed by atoms with E-state index in [1.807, 2.05) is 17.2 Å². The van der Waals surface area contributed by atoms with Gasteiger partial charge >= 0.3 is 0 Å². The van der Waals surface area contributed by atoms with Gasteiger partial charge in [-0.3, -0.25) is 4.79 Å². The van der Waals surface area contributed by atoms with Gasteiger partial charge < -0.3 is 14.4 Å². The van der Waals surface area contributed by atoms with Gasteiger partial charge in [-0.1, -0.05) is 0 Å². The van der Waals surface area contributed by atoms with Gasteiger partial charge in [0.2, 0.25) is 15.9 Å². The van der Waals surface area contributed by atoms with Gasteiger partial charge in [0.25, 0.3) is 0 Å². The normalized spacial score (nSPS) is 18.0. The number of hydrogen-bond acceptors (Lipinski definition) is 6. The van der Waals surface area contributed by atoms with Crippen molar-refractivity contribution in [3.05, 3.63) is 23.3 Å². The maximum atomic E-state index is 12.9. The van der Waals surface area contributed by atoms with Gasteiger partial charge in [-0.15, -0.1) is 11.3 Å². The van der Waals surface area contributed by atoms with Crippen LogP contribution in [0, 0.1) is 6.92 Å². The summed E-state index contributed by atoms with van der Waals surface area (Å²) in [6.07, 6.45) is 7.13. The van der Waals surface area contributed by atoms with Crippen molar-refractivity contribution in [2.24, 2.45) is 0 Å². The van der Waals surface area contributed by atoms with Crippen LogP contribution in [0.4, 0.5) is 0 Å². The van der Waals surface area contributed by atoms with Crippen LogP contribution in [0.5, 0.6) is 0 Å². The summed E-state index contributed by atoms with van der Waals surface area (Å²) in [6.45, 7) is 6.73. The summed E-state index contributed by atoms with van der Waals surface area (Å²) in [4.78, 5) is 21.7. The Kier molecular flexibility index (Phi) is 7.10. The van der Waals surface area contributed by atoms with Crippen LogP contribution in [0.2, 0.25) is 0 Å². The second-order valence-electron chi connectivity index (χ2n) is 8.37. The number of piperidine rings is 1. The smallest absolute Gasteiger partial charge is 0.242 e. The summed E-state index contributed by atoms with van der Waals surface area (Å²) in [5, 5.41) is 2.66. The van der Waals surface area contributed by atoms with E-state index >= 15 is 0 Å². The molecule has 170 valence electrons. The van der Waals surface area contributed by atoms with E-state index in [0.717, 1.165) is 56.1 Å². The lowest BCUT2D eigenvalue weighted by Crippen LogP contribution is -2.37. The number of carbonyl (C=O) groups excluding carboxylic acids is 1. The molecule has 0 saturated carbocycles. The molecule has 0 aromatic carbocycles. The zero-order valence-electron chi connectivity index (χ0n) is 18.0. The minimum absolute atomic E-state index is 0.0239. The average molecular weight is 466 g/mol. The monoisotopic (exact) mass is 465 g/mol. The predicted octanol–water partition coefficient (Wildman–Crippen LogP) is 2.31. The van der Waals surface area contributed by atoms with Gasteiger partial charge in [0, 0.05) is 43.4 Å². The number of aromatic nitrogens is 2. The third kappa shape index (κ3) is 5.54. The van der Waals surface area contributed by atoms with Crippen molar-refractivity contribution < 1.29 is 13.2 Å². The number of amides is 1. The molecule has 2 aromatic rings. The van der Waals surface area contributed by atoms with Crippen LogP contribution in [-0.4, -0.2) is 72.9 Å². The molecule has 4 rings (SSSR count). The molecule has 2 aliphatic heterocycles. The van der Waals surface area contributed by atoms with Crippen LogP contribution in [0.3, 0.4) is 0 Å². The molecule has 2 aromatic heterocycles. The summed E-state index contributed by atoms with van der Waals surface area (Å²) in [5.74, 6) is 0.0239. The number of rotatable bonds is 8. The Morgan fingerprint density at radius 2 is 1.84 bits per heavy atom. The summed E-state index contributed by atoms with van der Waals surface area (Å²) in [5.41, 5.74) is 1.55. The Morgan fingerprint density at radius 3 is 2.52 bits per heavy atom. The molecule has 2 fully saturated rings. The molecule has 4 heterocycles. The van der Waals surface area contributed by atoms with E-state index < -0.39 is 10.0 Å². The first-order valence-corrected chi connectivity index (χ1v) is 13.4. The van der Waals surface area contributed by atoms with Crippen molar-refractivity contribution in [1.82, 2.24) is 24.1 Å². The van der Waals surface area contributed by atoms with E-state index in [1.165, 1.54) is 24.2 Å². The van der Waals surface area contributed by atoms with E-state index in [0.29, 0.717) is 18.8 Å². The fourth-order valence-electron chi connectivity index (χ4n) is 4.23. The number of carbonyl (C=O) groups is 1. The number of nitrogens with one attached hydrogen (secondary N) is 1. The highest BCUT2D eigenvalue weighted by Gasteiger charge is 2.24. The molecule has 0 spiro atoms. The van der Waals surface area contributed by atoms with E-state index in [9.17, 15) is 13.2 Å². The minimum Gasteiger partial charge on any atom is -0.341 e. The highest BCUT2D eigenvalue weighted by Crippen LogP contribution is 2.28. The van der Waals surface area contributed by atoms with Gasteiger partial charge in [-0.25, -0.2) is 18.1 Å². The quantitative estimate of drug-likeness (QED) is 0.646. The van der Waals surface area contributed by atoms with Crippen molar-refractivity contribution in [2.75, 3.05) is 39.3 Å². The molecule has 31 heavy (non-hydrogen) atoms. The SMILES string of the molecule is Cc1csc(-c2cc(S(=O)(=O)NCCN3CCCC3)cn2CC(=O)N2CCCCC2)n1. The van der Waals surface area contributed by atoms with Crippen LogP contribution in [0.15, 0.2) is 22.5 Å². The molecule has 0 bridgehead atoms. The van der Waals surface area contributed by atoms with Gasteiger partial charge in [0.15, 0.2) is 0 Å². The summed E-state index contributed by atoms with van der Waals surface area (Å²) >= 11 is 1.46. The van der Waals surface area contributed by atoms with Crippen LogP contribution in [0.25, 0.3) is 10.7 Å². The second kappa shape index (κ2) is 9.81. The third-order valence-electron chi connectivity index (χ3n) is 5.95. The van der Waals surface area contributed by atoms with E-state index in [2.05, 4.69) is 14.6 Å². The minimum atomic E-state index is -3.66. The molecule has 0 radical (unpaired) electrons. The molecular formula is C21H31N5O3S2. The topological polar surface area (TPSA) is 87.5 Å². The van der Waals surface area contributed by atoms with Crippen LogP contribution < -0.4 is 4.72 Å². The van der Waals surface area contributed by atoms with E-state index in [1.54, 1.807) is 16.8 Å². The Labute approximate surface area is 188 Å². The fraction of sp³-hybridized carbons (Fsp3) is 0.619. The highest BCUT2D eigenvalue weighted by molar-refractivity contribution is 7.89. The summed E-state index contributed by atoms with van der Waals surface area (Å²) < 4.78 is 30.3. The van der Waals surface area contributed by atoms with Gasteiger partial charge in [0.1, 0.15) is 16.4 Å². The Morgan fingerprint density at radius 1 is 1.13 bits per heavy atom. The molecule has 10 heteroatoms. The number of thiazole rings is 1. The Hall–Kier alpha value is -1.75. The molecule has 2 saturated heterocycles. The zero-order chi connectivity index (χ0) is 21.8. The summed E-state index contributed by atoms with van der Waals surface area (Å²) in [6, 6.07) is 1.64. The molecule has 1 amide bonds.